The molecule has 0 saturated carbocycles. The van der Waals surface area contributed by atoms with Gasteiger partial charge in [-0.05, 0) is 105 Å². The molecule has 2 aliphatic rings. The van der Waals surface area contributed by atoms with Gasteiger partial charge in [-0.1, -0.05) is 133 Å². The Bertz CT molecular complexity index is 2720. The first-order chi connectivity index (χ1) is 25.3. The van der Waals surface area contributed by atoms with E-state index in [1.54, 1.807) is 0 Å². The van der Waals surface area contributed by atoms with Gasteiger partial charge in [-0.2, -0.15) is 0 Å². The summed E-state index contributed by atoms with van der Waals surface area (Å²) in [5, 5.41) is 2.55. The smallest absolute Gasteiger partial charge is 0.0726 e. The molecule has 0 saturated heterocycles. The molecule has 0 radical (unpaired) electrons. The molecule has 1 aromatic heterocycles. The van der Waals surface area contributed by atoms with Crippen molar-refractivity contribution in [2.45, 2.75) is 5.41 Å². The Hall–Kier alpha value is -6.64. The quantitative estimate of drug-likeness (QED) is 0.184. The lowest BCUT2D eigenvalue weighted by Gasteiger charge is -2.31. The van der Waals surface area contributed by atoms with Gasteiger partial charge in [0.25, 0.3) is 0 Å². The van der Waals surface area contributed by atoms with E-state index in [1.807, 2.05) is 0 Å². The Morgan fingerprint density at radius 2 is 0.824 bits per heavy atom. The third-order valence-corrected chi connectivity index (χ3v) is 11.2. The van der Waals surface area contributed by atoms with Gasteiger partial charge in [-0.25, -0.2) is 0 Å². The second kappa shape index (κ2) is 10.7. The van der Waals surface area contributed by atoms with Crippen LogP contribution < -0.4 is 4.90 Å². The molecule has 0 N–H and O–H groups in total. The maximum absolute atomic E-state index is 2.48. The summed E-state index contributed by atoms with van der Waals surface area (Å²) in [7, 11) is 0. The first kappa shape index (κ1) is 28.2. The van der Waals surface area contributed by atoms with E-state index in [0.29, 0.717) is 0 Å². The first-order valence-electron chi connectivity index (χ1n) is 17.7. The number of nitrogens with zero attached hydrogens (tertiary/aromatic N) is 2. The summed E-state index contributed by atoms with van der Waals surface area (Å²) >= 11 is 0. The molecule has 9 aromatic rings. The maximum atomic E-state index is 2.48. The average molecular weight is 649 g/mol. The van der Waals surface area contributed by atoms with E-state index in [-0.39, 0.29) is 0 Å². The number of benzene rings is 8. The zero-order chi connectivity index (χ0) is 33.5. The summed E-state index contributed by atoms with van der Waals surface area (Å²) < 4.78 is 2.45. The number of para-hydroxylation sites is 4. The van der Waals surface area contributed by atoms with Crippen LogP contribution in [-0.2, 0) is 5.41 Å². The number of fused-ring (bicyclic) bond motifs is 13. The Balaban J connectivity index is 1.19. The van der Waals surface area contributed by atoms with Crippen LogP contribution in [0.3, 0.4) is 0 Å². The molecule has 1 atom stereocenters. The third kappa shape index (κ3) is 3.82. The van der Waals surface area contributed by atoms with E-state index in [2.05, 4.69) is 204 Å². The SMILES string of the molecule is c1ccc(N(c2ccccc2)c2ccc3c(c2)-c2ccccc2C32c3ccccc3-c3ccc(-n4c5ccccc5c5ccccc54)cc32)cc1. The van der Waals surface area contributed by atoms with Gasteiger partial charge in [0.1, 0.15) is 0 Å². The fourth-order valence-electron chi connectivity index (χ4n) is 9.20. The van der Waals surface area contributed by atoms with E-state index in [1.165, 1.54) is 72.0 Å². The molecule has 2 heteroatoms. The van der Waals surface area contributed by atoms with Crippen molar-refractivity contribution in [3.8, 4) is 27.9 Å². The molecule has 8 aromatic carbocycles. The van der Waals surface area contributed by atoms with Crippen molar-refractivity contribution >= 4 is 38.9 Å². The normalized spacial score (nSPS) is 15.1. The van der Waals surface area contributed by atoms with Gasteiger partial charge in [-0.3, -0.25) is 0 Å². The van der Waals surface area contributed by atoms with E-state index in [9.17, 15) is 0 Å². The predicted molar refractivity (Wildman–Crippen MR) is 212 cm³/mol. The Morgan fingerprint density at radius 3 is 1.45 bits per heavy atom. The van der Waals surface area contributed by atoms with Crippen molar-refractivity contribution < 1.29 is 0 Å². The van der Waals surface area contributed by atoms with Crippen molar-refractivity contribution in [1.82, 2.24) is 4.57 Å². The summed E-state index contributed by atoms with van der Waals surface area (Å²) in [5.41, 5.74) is 17.1. The number of hydrogen-bond acceptors (Lipinski definition) is 1. The van der Waals surface area contributed by atoms with Crippen LogP contribution >= 0.6 is 0 Å². The molecule has 11 rings (SSSR count). The molecular formula is C49H32N2. The monoisotopic (exact) mass is 648 g/mol. The Morgan fingerprint density at radius 1 is 0.333 bits per heavy atom. The van der Waals surface area contributed by atoms with Crippen LogP contribution in [0, 0.1) is 0 Å². The molecule has 1 spiro atoms. The molecule has 1 heterocycles. The Kier molecular flexibility index (Phi) is 5.91. The summed E-state index contributed by atoms with van der Waals surface area (Å²) in [6, 6.07) is 71.4. The molecule has 2 nitrogen and oxygen atoms in total. The van der Waals surface area contributed by atoms with Gasteiger partial charge in [0.2, 0.25) is 0 Å². The van der Waals surface area contributed by atoms with Crippen LogP contribution in [0.4, 0.5) is 17.1 Å². The van der Waals surface area contributed by atoms with Crippen molar-refractivity contribution in [1.29, 1.82) is 0 Å². The number of anilines is 3. The lowest BCUT2D eigenvalue weighted by Crippen LogP contribution is -2.26. The van der Waals surface area contributed by atoms with E-state index < -0.39 is 5.41 Å². The van der Waals surface area contributed by atoms with Gasteiger partial charge >= 0.3 is 0 Å². The van der Waals surface area contributed by atoms with Crippen LogP contribution in [0.2, 0.25) is 0 Å². The van der Waals surface area contributed by atoms with Crippen LogP contribution in [0.1, 0.15) is 22.3 Å². The second-order valence-corrected chi connectivity index (χ2v) is 13.7. The number of hydrogen-bond donors (Lipinski definition) is 0. The fraction of sp³-hybridized carbons (Fsp3) is 0.0204. The maximum Gasteiger partial charge on any atom is 0.0726 e. The standard InChI is InChI=1S/C49H32N2/c1-3-15-33(16-4-1)50(34-17-5-2-6-18-34)35-28-30-45-42(31-35)38-20-8-12-24-44(38)49(45)43-23-11-7-19-37(43)39-29-27-36(32-46(39)49)51-47-25-13-9-21-40(47)41-22-10-14-26-48(41)51/h1-32H. The minimum absolute atomic E-state index is 0.449. The third-order valence-electron chi connectivity index (χ3n) is 11.2. The summed E-state index contributed by atoms with van der Waals surface area (Å²) in [5.74, 6) is 0. The number of aromatic nitrogens is 1. The van der Waals surface area contributed by atoms with Gasteiger partial charge < -0.3 is 9.47 Å². The van der Waals surface area contributed by atoms with Gasteiger partial charge in [-0.15, -0.1) is 0 Å². The summed E-state index contributed by atoms with van der Waals surface area (Å²) in [6.07, 6.45) is 0. The molecule has 238 valence electrons. The Labute approximate surface area is 297 Å². The highest BCUT2D eigenvalue weighted by Gasteiger charge is 2.51. The molecular weight excluding hydrogens is 617 g/mol. The highest BCUT2D eigenvalue weighted by Crippen LogP contribution is 2.63. The predicted octanol–water partition coefficient (Wildman–Crippen LogP) is 12.6. The minimum Gasteiger partial charge on any atom is -0.310 e. The molecule has 1 unspecified atom stereocenters. The van der Waals surface area contributed by atoms with Gasteiger partial charge in [0.15, 0.2) is 0 Å². The highest BCUT2D eigenvalue weighted by molar-refractivity contribution is 6.09. The zero-order valence-electron chi connectivity index (χ0n) is 27.9. The average Bonchev–Trinajstić information content (AvgIpc) is 3.80. The molecule has 0 bridgehead atoms. The largest absolute Gasteiger partial charge is 0.310 e. The molecule has 51 heavy (non-hydrogen) atoms. The van der Waals surface area contributed by atoms with Gasteiger partial charge in [0.05, 0.1) is 16.4 Å². The van der Waals surface area contributed by atoms with Crippen LogP contribution in [0.15, 0.2) is 194 Å². The second-order valence-electron chi connectivity index (χ2n) is 13.7. The zero-order valence-corrected chi connectivity index (χ0v) is 27.9. The van der Waals surface area contributed by atoms with E-state index in [4.69, 9.17) is 0 Å². The molecule has 0 aliphatic heterocycles. The molecule has 0 fully saturated rings. The van der Waals surface area contributed by atoms with Crippen molar-refractivity contribution in [3.05, 3.63) is 216 Å². The lowest BCUT2D eigenvalue weighted by molar-refractivity contribution is 0.792. The van der Waals surface area contributed by atoms with Crippen molar-refractivity contribution in [3.63, 3.8) is 0 Å². The van der Waals surface area contributed by atoms with E-state index in [0.717, 1.165) is 17.1 Å². The van der Waals surface area contributed by atoms with Crippen molar-refractivity contribution in [2.24, 2.45) is 0 Å². The lowest BCUT2D eigenvalue weighted by atomic mass is 9.70. The van der Waals surface area contributed by atoms with Crippen LogP contribution in [0.5, 0.6) is 0 Å². The van der Waals surface area contributed by atoms with Crippen LogP contribution in [0.25, 0.3) is 49.7 Å². The summed E-state index contributed by atoms with van der Waals surface area (Å²) in [4.78, 5) is 2.37. The van der Waals surface area contributed by atoms with E-state index >= 15 is 0 Å². The number of rotatable bonds is 4. The first-order valence-corrected chi connectivity index (χ1v) is 17.7. The molecule has 0 amide bonds. The van der Waals surface area contributed by atoms with Gasteiger partial charge in [0, 0.05) is 33.5 Å². The van der Waals surface area contributed by atoms with Crippen molar-refractivity contribution in [2.75, 3.05) is 4.90 Å². The summed E-state index contributed by atoms with van der Waals surface area (Å²) in [6.45, 7) is 0. The minimum atomic E-state index is -0.449. The van der Waals surface area contributed by atoms with Crippen LogP contribution in [-0.4, -0.2) is 4.57 Å². The molecule has 2 aliphatic carbocycles. The highest BCUT2D eigenvalue weighted by atomic mass is 15.1. The topological polar surface area (TPSA) is 8.17 Å². The fourth-order valence-corrected chi connectivity index (χ4v) is 9.20.